The Bertz CT molecular complexity index is 410. The van der Waals surface area contributed by atoms with Crippen LogP contribution in [-0.4, -0.2) is 11.1 Å². The Labute approximate surface area is 89.9 Å². The van der Waals surface area contributed by atoms with E-state index in [1.54, 1.807) is 6.92 Å². The average molecular weight is 202 g/mol. The first-order chi connectivity index (χ1) is 7.16. The fraction of sp³-hybridized carbons (Fsp3) is 0.308. The molecule has 0 saturated carbocycles. The number of carboxylic acids is 1. The zero-order valence-electron chi connectivity index (χ0n) is 8.95. The predicted octanol–water partition coefficient (Wildman–Crippen LogP) is 2.58. The number of hydrogen-bond donors (Lipinski definition) is 1. The monoisotopic (exact) mass is 202 g/mol. The van der Waals surface area contributed by atoms with Crippen molar-refractivity contribution in [3.05, 3.63) is 35.4 Å². The molecule has 1 N–H and O–H groups in total. The molecule has 0 aliphatic rings. The van der Waals surface area contributed by atoms with E-state index in [0.29, 0.717) is 6.42 Å². The number of aryl methyl sites for hydroxylation is 1. The lowest BCUT2D eigenvalue weighted by Crippen LogP contribution is -2.12. The van der Waals surface area contributed by atoms with Crippen molar-refractivity contribution in [1.29, 1.82) is 0 Å². The van der Waals surface area contributed by atoms with E-state index >= 15 is 0 Å². The lowest BCUT2D eigenvalue weighted by atomic mass is 9.92. The number of benzene rings is 1. The van der Waals surface area contributed by atoms with Crippen LogP contribution >= 0.6 is 0 Å². The van der Waals surface area contributed by atoms with Gasteiger partial charge in [0.15, 0.2) is 0 Å². The Hall–Kier alpha value is -1.75. The zero-order chi connectivity index (χ0) is 11.3. The van der Waals surface area contributed by atoms with Crippen molar-refractivity contribution in [1.82, 2.24) is 0 Å². The molecule has 1 rings (SSSR count). The molecule has 0 aromatic heterocycles. The molecule has 0 bridgehead atoms. The topological polar surface area (TPSA) is 37.3 Å². The largest absolute Gasteiger partial charge is 0.481 e. The van der Waals surface area contributed by atoms with Gasteiger partial charge in [0.05, 0.1) is 5.92 Å². The van der Waals surface area contributed by atoms with Gasteiger partial charge in [0.2, 0.25) is 0 Å². The summed E-state index contributed by atoms with van der Waals surface area (Å²) >= 11 is 0. The highest BCUT2D eigenvalue weighted by molar-refractivity contribution is 5.77. The Morgan fingerprint density at radius 3 is 2.67 bits per heavy atom. The Kier molecular flexibility index (Phi) is 3.93. The van der Waals surface area contributed by atoms with E-state index in [4.69, 9.17) is 5.11 Å². The van der Waals surface area contributed by atoms with E-state index < -0.39 is 11.9 Å². The third-order valence-electron chi connectivity index (χ3n) is 2.34. The van der Waals surface area contributed by atoms with Crippen LogP contribution in [0.5, 0.6) is 0 Å². The summed E-state index contributed by atoms with van der Waals surface area (Å²) in [6.45, 7) is 3.64. The van der Waals surface area contributed by atoms with Crippen molar-refractivity contribution < 1.29 is 9.90 Å². The number of rotatable bonds is 3. The molecule has 0 radical (unpaired) electrons. The van der Waals surface area contributed by atoms with Gasteiger partial charge in [-0.1, -0.05) is 24.3 Å². The van der Waals surface area contributed by atoms with E-state index in [1.165, 1.54) is 0 Å². The van der Waals surface area contributed by atoms with Gasteiger partial charge in [-0.25, -0.2) is 0 Å². The highest BCUT2D eigenvalue weighted by Crippen LogP contribution is 2.22. The van der Waals surface area contributed by atoms with Crippen molar-refractivity contribution in [3.63, 3.8) is 0 Å². The molecule has 1 aromatic rings. The van der Waals surface area contributed by atoms with Gasteiger partial charge in [-0.3, -0.25) is 4.79 Å². The van der Waals surface area contributed by atoms with Crippen LogP contribution in [0.2, 0.25) is 0 Å². The Balaban J connectivity index is 3.02. The number of hydrogen-bond acceptors (Lipinski definition) is 1. The number of carboxylic acid groups (broad SMARTS) is 1. The molecule has 2 nitrogen and oxygen atoms in total. The molecule has 0 heterocycles. The second kappa shape index (κ2) is 5.21. The van der Waals surface area contributed by atoms with Gasteiger partial charge in [0.1, 0.15) is 0 Å². The van der Waals surface area contributed by atoms with E-state index in [2.05, 4.69) is 11.8 Å². The molecule has 1 aromatic carbocycles. The summed E-state index contributed by atoms with van der Waals surface area (Å²) in [4.78, 5) is 11.1. The van der Waals surface area contributed by atoms with Crippen LogP contribution in [0.4, 0.5) is 0 Å². The quantitative estimate of drug-likeness (QED) is 0.765. The summed E-state index contributed by atoms with van der Waals surface area (Å²) in [5.74, 6) is 4.23. The second-order valence-corrected chi connectivity index (χ2v) is 3.38. The Morgan fingerprint density at radius 1 is 1.47 bits per heavy atom. The van der Waals surface area contributed by atoms with Gasteiger partial charge in [-0.2, -0.15) is 0 Å². The van der Waals surface area contributed by atoms with Gasteiger partial charge in [-0.05, 0) is 25.0 Å². The van der Waals surface area contributed by atoms with Crippen LogP contribution in [-0.2, 0) is 4.79 Å². The van der Waals surface area contributed by atoms with Gasteiger partial charge in [-0.15, -0.1) is 11.8 Å². The predicted molar refractivity (Wildman–Crippen MR) is 59.6 cm³/mol. The summed E-state index contributed by atoms with van der Waals surface area (Å²) in [6, 6.07) is 7.54. The van der Waals surface area contributed by atoms with Crippen molar-refractivity contribution >= 4 is 5.97 Å². The maximum atomic E-state index is 11.1. The first kappa shape index (κ1) is 11.3. The molecular formula is C13H14O2. The van der Waals surface area contributed by atoms with Gasteiger partial charge < -0.3 is 5.11 Å². The highest BCUT2D eigenvalue weighted by Gasteiger charge is 2.19. The molecule has 15 heavy (non-hydrogen) atoms. The van der Waals surface area contributed by atoms with Crippen LogP contribution in [0.3, 0.4) is 0 Å². The van der Waals surface area contributed by atoms with Crippen molar-refractivity contribution in [2.45, 2.75) is 26.2 Å². The van der Waals surface area contributed by atoms with Crippen LogP contribution in [0.25, 0.3) is 0 Å². The molecule has 0 saturated heterocycles. The minimum absolute atomic E-state index is 0.372. The molecule has 78 valence electrons. The Morgan fingerprint density at radius 2 is 2.13 bits per heavy atom. The first-order valence-corrected chi connectivity index (χ1v) is 4.84. The summed E-state index contributed by atoms with van der Waals surface area (Å²) in [6.07, 6.45) is 0.372. The minimum Gasteiger partial charge on any atom is -0.481 e. The van der Waals surface area contributed by atoms with E-state index in [0.717, 1.165) is 11.1 Å². The van der Waals surface area contributed by atoms with E-state index in [1.807, 2.05) is 31.2 Å². The van der Waals surface area contributed by atoms with Gasteiger partial charge >= 0.3 is 5.97 Å². The molecule has 0 aliphatic heterocycles. The average Bonchev–Trinajstić information content (AvgIpc) is 2.20. The third-order valence-corrected chi connectivity index (χ3v) is 2.34. The number of carbonyl (C=O) groups is 1. The third kappa shape index (κ3) is 2.85. The minimum atomic E-state index is -0.813. The summed E-state index contributed by atoms with van der Waals surface area (Å²) in [5.41, 5.74) is 1.86. The normalized spacial score (nSPS) is 11.3. The lowest BCUT2D eigenvalue weighted by molar-refractivity contribution is -0.138. The highest BCUT2D eigenvalue weighted by atomic mass is 16.4. The van der Waals surface area contributed by atoms with Crippen LogP contribution in [0, 0.1) is 18.8 Å². The summed E-state index contributed by atoms with van der Waals surface area (Å²) in [7, 11) is 0. The lowest BCUT2D eigenvalue weighted by Gasteiger charge is -2.12. The van der Waals surface area contributed by atoms with Crippen molar-refractivity contribution in [2.24, 2.45) is 0 Å². The molecule has 0 spiro atoms. The molecule has 2 heteroatoms. The maximum absolute atomic E-state index is 11.1. The van der Waals surface area contributed by atoms with Gasteiger partial charge in [0.25, 0.3) is 0 Å². The van der Waals surface area contributed by atoms with Crippen molar-refractivity contribution in [2.75, 3.05) is 0 Å². The van der Waals surface area contributed by atoms with Crippen molar-refractivity contribution in [3.8, 4) is 11.8 Å². The molecule has 0 amide bonds. The first-order valence-electron chi connectivity index (χ1n) is 4.84. The zero-order valence-corrected chi connectivity index (χ0v) is 8.95. The molecule has 0 aliphatic carbocycles. The van der Waals surface area contributed by atoms with E-state index in [-0.39, 0.29) is 0 Å². The smallest absolute Gasteiger partial charge is 0.311 e. The fourth-order valence-electron chi connectivity index (χ4n) is 1.51. The molecular weight excluding hydrogens is 188 g/mol. The fourth-order valence-corrected chi connectivity index (χ4v) is 1.51. The van der Waals surface area contributed by atoms with Crippen LogP contribution < -0.4 is 0 Å². The molecule has 1 unspecified atom stereocenters. The maximum Gasteiger partial charge on any atom is 0.311 e. The van der Waals surface area contributed by atoms with E-state index in [9.17, 15) is 4.79 Å². The SMILES string of the molecule is CC#CCC(C(=O)O)c1ccccc1C. The van der Waals surface area contributed by atoms with Crippen LogP contribution in [0.15, 0.2) is 24.3 Å². The molecule has 1 atom stereocenters. The standard InChI is InChI=1S/C13H14O2/c1-3-4-8-12(13(14)15)11-9-6-5-7-10(11)2/h5-7,9,12H,8H2,1-2H3,(H,14,15). The van der Waals surface area contributed by atoms with Crippen LogP contribution in [0.1, 0.15) is 30.4 Å². The van der Waals surface area contributed by atoms with Gasteiger partial charge in [0, 0.05) is 6.42 Å². The molecule has 0 fully saturated rings. The summed E-state index contributed by atoms with van der Waals surface area (Å²) in [5, 5.41) is 9.11. The summed E-state index contributed by atoms with van der Waals surface area (Å²) < 4.78 is 0. The number of aliphatic carboxylic acids is 1. The second-order valence-electron chi connectivity index (χ2n) is 3.38.